The zero-order valence-electron chi connectivity index (χ0n) is 16.8. The molecule has 2 aromatic carbocycles. The Balaban J connectivity index is 2.13. The van der Waals surface area contributed by atoms with Crippen molar-refractivity contribution in [1.29, 1.82) is 5.26 Å². The smallest absolute Gasteiger partial charge is 0.263 e. The quantitative estimate of drug-likeness (QED) is 0.568. The number of ether oxygens (including phenoxy) is 1. The molecule has 0 spiro atoms. The fourth-order valence-corrected chi connectivity index (χ4v) is 3.66. The molecular weight excluding hydrogens is 393 g/mol. The number of aromatic nitrogens is 1. The number of halogens is 1. The number of hydrogen-bond acceptors (Lipinski definition) is 4. The average Bonchev–Trinajstić information content (AvgIpc) is 2.79. The van der Waals surface area contributed by atoms with Crippen LogP contribution in [0, 0.1) is 17.1 Å². The summed E-state index contributed by atoms with van der Waals surface area (Å²) >= 11 is 0. The van der Waals surface area contributed by atoms with Crippen molar-refractivity contribution in [2.24, 2.45) is 4.99 Å². The zero-order chi connectivity index (χ0) is 22.0. The molecule has 4 rings (SSSR count). The van der Waals surface area contributed by atoms with E-state index in [4.69, 9.17) is 4.74 Å². The molecule has 3 aromatic rings. The molecule has 6 heteroatoms. The Hall–Kier alpha value is -4.24. The number of pyridine rings is 1. The van der Waals surface area contributed by atoms with Crippen LogP contribution >= 0.6 is 0 Å². The fourth-order valence-electron chi connectivity index (χ4n) is 3.66. The first kappa shape index (κ1) is 20.0. The lowest BCUT2D eigenvalue weighted by Crippen LogP contribution is -2.27. The normalized spacial score (nSPS) is 12.9. The number of fused-ring (bicyclic) bond motifs is 1. The molecule has 0 amide bonds. The van der Waals surface area contributed by atoms with Gasteiger partial charge < -0.3 is 4.74 Å². The highest BCUT2D eigenvalue weighted by Gasteiger charge is 2.26. The zero-order valence-corrected chi connectivity index (χ0v) is 16.8. The van der Waals surface area contributed by atoms with Crippen LogP contribution in [0.4, 0.5) is 4.39 Å². The van der Waals surface area contributed by atoms with Gasteiger partial charge in [-0.3, -0.25) is 14.4 Å². The van der Waals surface area contributed by atoms with Gasteiger partial charge in [0.05, 0.1) is 17.3 Å². The standard InChI is InChI=1S/C25H18FN3O2/c1-3-6-23-24(28-2)21-13-20(19-8-5-4-7-16(19)14-27)25(30)29(22(21)15-31-23)18-11-9-17(26)10-12-18/h3-13H,2,15H2,1H3/b6-3-. The molecule has 1 aliphatic rings. The first-order chi connectivity index (χ1) is 15.1. The highest BCUT2D eigenvalue weighted by Crippen LogP contribution is 2.34. The van der Waals surface area contributed by atoms with Gasteiger partial charge in [0.15, 0.2) is 0 Å². The molecule has 0 saturated heterocycles. The van der Waals surface area contributed by atoms with Crippen LogP contribution in [-0.4, -0.2) is 11.3 Å². The van der Waals surface area contributed by atoms with Crippen LogP contribution in [0.15, 0.2) is 82.3 Å². The highest BCUT2D eigenvalue weighted by molar-refractivity contribution is 5.79. The molecule has 152 valence electrons. The number of hydrogen-bond donors (Lipinski definition) is 0. The summed E-state index contributed by atoms with van der Waals surface area (Å²) in [4.78, 5) is 17.8. The summed E-state index contributed by atoms with van der Waals surface area (Å²) in [5.74, 6) is 0.130. The Morgan fingerprint density at radius 3 is 2.58 bits per heavy atom. The van der Waals surface area contributed by atoms with Gasteiger partial charge in [0.25, 0.3) is 5.56 Å². The number of nitriles is 1. The van der Waals surface area contributed by atoms with Gasteiger partial charge in [-0.25, -0.2) is 4.39 Å². The summed E-state index contributed by atoms with van der Waals surface area (Å²) in [6, 6.07) is 16.4. The van der Waals surface area contributed by atoms with E-state index in [1.54, 1.807) is 36.4 Å². The van der Waals surface area contributed by atoms with Crippen molar-refractivity contribution in [1.82, 2.24) is 4.57 Å². The Morgan fingerprint density at radius 2 is 1.90 bits per heavy atom. The second-order valence-electron chi connectivity index (χ2n) is 6.85. The topological polar surface area (TPSA) is 67.4 Å². The SMILES string of the molecule is C=NC1=C(/C=C\C)OCc2c1cc(-c1ccccc1C#N)c(=O)n2-c1ccc(F)cc1. The van der Waals surface area contributed by atoms with Crippen molar-refractivity contribution in [2.45, 2.75) is 13.5 Å². The van der Waals surface area contributed by atoms with Crippen LogP contribution < -0.4 is 5.56 Å². The third-order valence-electron chi connectivity index (χ3n) is 5.05. The summed E-state index contributed by atoms with van der Waals surface area (Å²) in [5.41, 5.74) is 3.11. The predicted molar refractivity (Wildman–Crippen MR) is 118 cm³/mol. The number of benzene rings is 2. The minimum atomic E-state index is -0.406. The maximum absolute atomic E-state index is 13.6. The summed E-state index contributed by atoms with van der Waals surface area (Å²) in [6.45, 7) is 5.66. The van der Waals surface area contributed by atoms with E-state index in [2.05, 4.69) is 17.8 Å². The van der Waals surface area contributed by atoms with E-state index in [1.807, 2.05) is 13.0 Å². The Kier molecular flexibility index (Phi) is 5.33. The van der Waals surface area contributed by atoms with Crippen molar-refractivity contribution >= 4 is 12.4 Å². The largest absolute Gasteiger partial charge is 0.485 e. The number of allylic oxidation sites excluding steroid dienone is 2. The molecule has 0 unspecified atom stereocenters. The lowest BCUT2D eigenvalue weighted by molar-refractivity contribution is 0.200. The fraction of sp³-hybridized carbons (Fsp3) is 0.0800. The second kappa shape index (κ2) is 8.25. The molecule has 1 aromatic heterocycles. The van der Waals surface area contributed by atoms with Crippen molar-refractivity contribution in [3.63, 3.8) is 0 Å². The van der Waals surface area contributed by atoms with Crippen LogP contribution in [-0.2, 0) is 11.3 Å². The van der Waals surface area contributed by atoms with Crippen LogP contribution in [0.5, 0.6) is 0 Å². The molecule has 0 bridgehead atoms. The highest BCUT2D eigenvalue weighted by atomic mass is 19.1. The van der Waals surface area contributed by atoms with Crippen molar-refractivity contribution in [2.75, 3.05) is 0 Å². The van der Waals surface area contributed by atoms with Gasteiger partial charge in [0.2, 0.25) is 0 Å². The van der Waals surface area contributed by atoms with Gasteiger partial charge in [-0.05, 0) is 56.1 Å². The third kappa shape index (κ3) is 3.47. The molecule has 1 aliphatic heterocycles. The maximum atomic E-state index is 13.6. The number of nitrogens with zero attached hydrogens (tertiary/aromatic N) is 3. The lowest BCUT2D eigenvalue weighted by Gasteiger charge is -2.25. The number of aliphatic imine (C=N–C) groups is 1. The first-order valence-electron chi connectivity index (χ1n) is 9.60. The summed E-state index contributed by atoms with van der Waals surface area (Å²) in [6.07, 6.45) is 3.61. The second-order valence-corrected chi connectivity index (χ2v) is 6.85. The van der Waals surface area contributed by atoms with Crippen LogP contribution in [0.25, 0.3) is 22.5 Å². The molecule has 31 heavy (non-hydrogen) atoms. The molecular formula is C25H18FN3O2. The lowest BCUT2D eigenvalue weighted by atomic mass is 9.96. The van der Waals surface area contributed by atoms with Gasteiger partial charge in [-0.1, -0.05) is 24.3 Å². The summed E-state index contributed by atoms with van der Waals surface area (Å²) in [7, 11) is 0. The van der Waals surface area contributed by atoms with Crippen molar-refractivity contribution in [3.8, 4) is 22.9 Å². The Labute approximate surface area is 178 Å². The van der Waals surface area contributed by atoms with Crippen LogP contribution in [0.1, 0.15) is 23.7 Å². The van der Waals surface area contributed by atoms with Crippen LogP contribution in [0.3, 0.4) is 0 Å². The van der Waals surface area contributed by atoms with Gasteiger partial charge in [0.1, 0.15) is 23.9 Å². The van der Waals surface area contributed by atoms with Gasteiger partial charge in [0, 0.05) is 22.4 Å². The van der Waals surface area contributed by atoms with E-state index in [9.17, 15) is 14.4 Å². The monoisotopic (exact) mass is 411 g/mol. The molecule has 0 radical (unpaired) electrons. The first-order valence-corrected chi connectivity index (χ1v) is 9.60. The van der Waals surface area contributed by atoms with Gasteiger partial charge >= 0.3 is 0 Å². The van der Waals surface area contributed by atoms with E-state index < -0.39 is 5.82 Å². The molecule has 0 saturated carbocycles. The van der Waals surface area contributed by atoms with E-state index in [-0.39, 0.29) is 12.2 Å². The minimum absolute atomic E-state index is 0.126. The molecule has 0 fully saturated rings. The van der Waals surface area contributed by atoms with Gasteiger partial charge in [-0.2, -0.15) is 5.26 Å². The number of rotatable bonds is 4. The van der Waals surface area contributed by atoms with E-state index in [1.165, 1.54) is 28.8 Å². The molecule has 0 N–H and O–H groups in total. The predicted octanol–water partition coefficient (Wildman–Crippen LogP) is 4.99. The van der Waals surface area contributed by atoms with Crippen molar-refractivity contribution in [3.05, 3.63) is 106 Å². The Bertz CT molecular complexity index is 1340. The minimum Gasteiger partial charge on any atom is -0.485 e. The average molecular weight is 411 g/mol. The maximum Gasteiger partial charge on any atom is 0.263 e. The summed E-state index contributed by atoms with van der Waals surface area (Å²) < 4.78 is 20.9. The van der Waals surface area contributed by atoms with Crippen molar-refractivity contribution < 1.29 is 9.13 Å². The van der Waals surface area contributed by atoms with Crippen LogP contribution in [0.2, 0.25) is 0 Å². The van der Waals surface area contributed by atoms with Gasteiger partial charge in [-0.15, -0.1) is 0 Å². The third-order valence-corrected chi connectivity index (χ3v) is 5.05. The molecule has 0 atom stereocenters. The molecule has 0 aliphatic carbocycles. The molecule has 2 heterocycles. The molecule has 5 nitrogen and oxygen atoms in total. The summed E-state index contributed by atoms with van der Waals surface area (Å²) in [5, 5.41) is 9.57. The van der Waals surface area contributed by atoms with E-state index in [0.29, 0.717) is 45.1 Å². The van der Waals surface area contributed by atoms with E-state index in [0.717, 1.165) is 0 Å². The van der Waals surface area contributed by atoms with E-state index >= 15 is 0 Å². The Morgan fingerprint density at radius 1 is 1.16 bits per heavy atom.